The molecule has 14 nitrogen and oxygen atoms in total. The minimum absolute atomic E-state index is 0.0928. The van der Waals surface area contributed by atoms with Crippen molar-refractivity contribution in [2.45, 2.75) is 140 Å². The number of hydrogen-bond acceptors (Lipinski definition) is 11. The van der Waals surface area contributed by atoms with Crippen LogP contribution in [0.2, 0.25) is 0 Å². The quantitative estimate of drug-likeness (QED) is 0.162. The van der Waals surface area contributed by atoms with E-state index < -0.39 is 52.9 Å². The van der Waals surface area contributed by atoms with Crippen LogP contribution in [0.5, 0.6) is 0 Å². The van der Waals surface area contributed by atoms with Gasteiger partial charge in [-0.05, 0) is 79.5 Å². The summed E-state index contributed by atoms with van der Waals surface area (Å²) in [6.07, 6.45) is 3.19. The summed E-state index contributed by atoms with van der Waals surface area (Å²) in [6, 6.07) is 14.6. The van der Waals surface area contributed by atoms with Gasteiger partial charge >= 0.3 is 0 Å². The van der Waals surface area contributed by atoms with Gasteiger partial charge in [-0.1, -0.05) is 127 Å². The van der Waals surface area contributed by atoms with Crippen molar-refractivity contribution < 1.29 is 28.8 Å². The van der Waals surface area contributed by atoms with Gasteiger partial charge in [-0.25, -0.2) is 0 Å². The van der Waals surface area contributed by atoms with E-state index in [0.29, 0.717) is 46.8 Å². The number of benzene rings is 2. The number of piperazine rings is 1. The Morgan fingerprint density at radius 2 is 1.17 bits per heavy atom. The van der Waals surface area contributed by atoms with E-state index >= 15 is 0 Å². The largest absolute Gasteiger partial charge is 0.368 e. The number of thioether (sulfide) groups is 2. The number of ketones is 1. The third-order valence-electron chi connectivity index (χ3n) is 15.1. The Bertz CT molecular complexity index is 2120. The first-order chi connectivity index (χ1) is 33.3. The molecule has 5 saturated heterocycles. The molecular formula is C52H72N8O6S4. The summed E-state index contributed by atoms with van der Waals surface area (Å²) in [4.78, 5) is 96.1. The SMILES string of the molecule is CC[C@@H](C)C(=S)N[C@H]1CCS[C@H]2CC(C)(C)[C@@H](C(=O)N[C@H](C(=O)N3CCN(C(=O)[C@@H](CC(=O)C4N5C(=O)[C@@H](NC(=S)[C@H](C)NC)CCS[C@H]5CC4(C)C)c4ccccc4)CC3)c3ccccc3)N2C1=O. The van der Waals surface area contributed by atoms with Crippen molar-refractivity contribution in [3.05, 3.63) is 71.8 Å². The molecule has 10 atom stereocenters. The molecule has 4 N–H and O–H groups in total. The molecule has 0 spiro atoms. The van der Waals surface area contributed by atoms with Gasteiger partial charge in [0, 0.05) is 38.5 Å². The minimum atomic E-state index is -1.04. The summed E-state index contributed by atoms with van der Waals surface area (Å²) in [5.74, 6) is -0.609. The summed E-state index contributed by atoms with van der Waals surface area (Å²) in [7, 11) is 1.82. The Labute approximate surface area is 433 Å². The van der Waals surface area contributed by atoms with Crippen LogP contribution in [-0.4, -0.2) is 151 Å². The van der Waals surface area contributed by atoms with E-state index in [1.165, 1.54) is 0 Å². The molecule has 5 heterocycles. The molecule has 70 heavy (non-hydrogen) atoms. The number of hydrogen-bond donors (Lipinski definition) is 4. The zero-order valence-electron chi connectivity index (χ0n) is 41.9. The monoisotopic (exact) mass is 1030 g/mol. The number of Topliss-reactive ketones (excluding diaryl/α,β-unsaturated/α-hetero) is 1. The average molecular weight is 1030 g/mol. The van der Waals surface area contributed by atoms with E-state index in [1.807, 2.05) is 109 Å². The molecule has 0 radical (unpaired) electrons. The summed E-state index contributed by atoms with van der Waals surface area (Å²) in [5.41, 5.74) is 0.197. The van der Waals surface area contributed by atoms with Gasteiger partial charge in [0.1, 0.15) is 24.2 Å². The normalized spacial score (nSPS) is 26.9. The van der Waals surface area contributed by atoms with E-state index in [1.54, 1.807) is 43.1 Å². The van der Waals surface area contributed by atoms with Crippen LogP contribution in [0.4, 0.5) is 0 Å². The van der Waals surface area contributed by atoms with Crippen molar-refractivity contribution in [1.82, 2.24) is 40.9 Å². The average Bonchev–Trinajstić information content (AvgIpc) is 3.67. The first-order valence-electron chi connectivity index (χ1n) is 24.9. The lowest BCUT2D eigenvalue weighted by molar-refractivity contribution is -0.146. The van der Waals surface area contributed by atoms with Gasteiger partial charge in [-0.3, -0.25) is 28.8 Å². The first kappa shape index (κ1) is 53.7. The van der Waals surface area contributed by atoms with Crippen molar-refractivity contribution in [1.29, 1.82) is 0 Å². The predicted molar refractivity (Wildman–Crippen MR) is 286 cm³/mol. The zero-order valence-corrected chi connectivity index (χ0v) is 45.2. The van der Waals surface area contributed by atoms with E-state index in [2.05, 4.69) is 28.2 Å². The van der Waals surface area contributed by atoms with Gasteiger partial charge in [0.2, 0.25) is 29.5 Å². The number of likely N-dealkylation sites (N-methyl/N-ethyl adjacent to an activating group) is 1. The summed E-state index contributed by atoms with van der Waals surface area (Å²) in [6.45, 7) is 15.0. The molecule has 0 aromatic heterocycles. The molecule has 5 amide bonds. The van der Waals surface area contributed by atoms with Gasteiger partial charge in [0.05, 0.1) is 38.7 Å². The number of thiocarbonyl (C=S) groups is 2. The lowest BCUT2D eigenvalue weighted by Gasteiger charge is -2.39. The number of rotatable bonds is 15. The van der Waals surface area contributed by atoms with Crippen molar-refractivity contribution in [3.63, 3.8) is 0 Å². The predicted octanol–water partition coefficient (Wildman–Crippen LogP) is 5.66. The number of nitrogens with zero attached hydrogens (tertiary/aromatic N) is 4. The second-order valence-corrected chi connectivity index (χ2v) is 24.4. The van der Waals surface area contributed by atoms with Crippen LogP contribution < -0.4 is 21.3 Å². The van der Waals surface area contributed by atoms with Gasteiger partial charge in [-0.15, -0.1) is 23.5 Å². The molecule has 18 heteroatoms. The van der Waals surface area contributed by atoms with E-state index in [-0.39, 0.29) is 84.7 Å². The molecule has 2 aromatic rings. The van der Waals surface area contributed by atoms with Crippen LogP contribution >= 0.6 is 48.0 Å². The molecule has 0 aliphatic carbocycles. The summed E-state index contributed by atoms with van der Waals surface area (Å²) < 4.78 is 0. The molecule has 5 fully saturated rings. The maximum atomic E-state index is 14.9. The fourth-order valence-electron chi connectivity index (χ4n) is 10.8. The van der Waals surface area contributed by atoms with Gasteiger partial charge in [0.25, 0.3) is 0 Å². The Morgan fingerprint density at radius 3 is 1.69 bits per heavy atom. The topological polar surface area (TPSA) is 164 Å². The summed E-state index contributed by atoms with van der Waals surface area (Å²) >= 11 is 14.7. The number of carbonyl (C=O) groups excluding carboxylic acids is 6. The van der Waals surface area contributed by atoms with Crippen molar-refractivity contribution >= 4 is 93.3 Å². The molecule has 0 saturated carbocycles. The molecule has 0 bridgehead atoms. The van der Waals surface area contributed by atoms with Crippen LogP contribution in [0.3, 0.4) is 0 Å². The Kier molecular flexibility index (Phi) is 17.5. The highest BCUT2D eigenvalue weighted by Crippen LogP contribution is 2.48. The van der Waals surface area contributed by atoms with Crippen LogP contribution in [0.15, 0.2) is 60.7 Å². The highest BCUT2D eigenvalue weighted by Gasteiger charge is 2.56. The molecule has 2 aromatic carbocycles. The standard InChI is InChI=1S/C52H72N8O6S4/c1-9-31(2)45(67)54-36-20-26-70-40-30-52(6,7)43(60(40)49(36)65)44(62)56-41(34-18-14-11-15-19-34)50(66)58-24-22-57(23-25-58)47(63)35(33-16-12-10-13-17-33)28-38(61)42-51(4,5)29-39-59(42)48(64)37(21-27-69-39)55-46(68)32(3)53-8/h10-19,31-32,35-37,39-43,53H,9,20-30H2,1-8H3,(H,54,67)(H,55,68)(H,56,62)/t31-,32+,35+,36+,37+,39+,40+,41+,42?,43-/m1/s1. The van der Waals surface area contributed by atoms with Crippen molar-refractivity contribution in [2.24, 2.45) is 16.7 Å². The molecule has 380 valence electrons. The third kappa shape index (κ3) is 11.6. The highest BCUT2D eigenvalue weighted by atomic mass is 32.2. The molecular weight excluding hydrogens is 961 g/mol. The first-order valence-corrected chi connectivity index (χ1v) is 27.9. The van der Waals surface area contributed by atoms with E-state index in [9.17, 15) is 28.8 Å². The maximum Gasteiger partial charge on any atom is 0.249 e. The Balaban J connectivity index is 1.06. The van der Waals surface area contributed by atoms with Crippen LogP contribution in [0.25, 0.3) is 0 Å². The number of carbonyl (C=O) groups is 6. The molecule has 7 rings (SSSR count). The number of nitrogens with one attached hydrogen (secondary N) is 4. The molecule has 1 unspecified atom stereocenters. The fraction of sp³-hybridized carbons (Fsp3) is 0.615. The number of amides is 5. The minimum Gasteiger partial charge on any atom is -0.368 e. The smallest absolute Gasteiger partial charge is 0.249 e. The number of fused-ring (bicyclic) bond motifs is 2. The maximum absolute atomic E-state index is 14.9. The Hall–Kier alpha value is -4.10. The van der Waals surface area contributed by atoms with Crippen LogP contribution in [-0.2, 0) is 28.8 Å². The second-order valence-electron chi connectivity index (χ2n) is 21.0. The fourth-order valence-corrected chi connectivity index (χ4v) is 14.5. The lowest BCUT2D eigenvalue weighted by Crippen LogP contribution is -2.59. The van der Waals surface area contributed by atoms with Crippen LogP contribution in [0.1, 0.15) is 110 Å². The second kappa shape index (κ2) is 22.8. The highest BCUT2D eigenvalue weighted by molar-refractivity contribution is 8.00. The van der Waals surface area contributed by atoms with Crippen LogP contribution in [0, 0.1) is 16.7 Å². The molecule has 5 aliphatic heterocycles. The third-order valence-corrected chi connectivity index (χ3v) is 18.6. The van der Waals surface area contributed by atoms with Gasteiger partial charge < -0.3 is 40.9 Å². The van der Waals surface area contributed by atoms with E-state index in [0.717, 1.165) is 17.9 Å². The lowest BCUT2D eigenvalue weighted by atomic mass is 9.79. The molecule has 5 aliphatic rings. The van der Waals surface area contributed by atoms with E-state index in [4.69, 9.17) is 24.4 Å². The van der Waals surface area contributed by atoms with Gasteiger partial charge in [0.15, 0.2) is 5.78 Å². The Morgan fingerprint density at radius 1 is 0.700 bits per heavy atom. The zero-order chi connectivity index (χ0) is 50.7. The summed E-state index contributed by atoms with van der Waals surface area (Å²) in [5, 5.41) is 12.5. The van der Waals surface area contributed by atoms with Crippen molar-refractivity contribution in [2.75, 3.05) is 44.7 Å². The van der Waals surface area contributed by atoms with Gasteiger partial charge in [-0.2, -0.15) is 0 Å². The van der Waals surface area contributed by atoms with Crippen molar-refractivity contribution in [3.8, 4) is 0 Å².